The van der Waals surface area contributed by atoms with Gasteiger partial charge in [-0.1, -0.05) is 23.9 Å². The summed E-state index contributed by atoms with van der Waals surface area (Å²) in [6, 6.07) is 10.9. The normalized spacial score (nSPS) is 12.4. The molecule has 4 aromatic rings. The summed E-state index contributed by atoms with van der Waals surface area (Å²) in [5, 5.41) is 8.89. The number of pyridine rings is 1. The molecule has 0 amide bonds. The summed E-state index contributed by atoms with van der Waals surface area (Å²) in [6.07, 6.45) is 3.34. The summed E-state index contributed by atoms with van der Waals surface area (Å²) in [5.41, 5.74) is 1.26. The molecular formula is C17H13N5O2S. The number of H-pyrrole nitrogens is 1. The van der Waals surface area contributed by atoms with Crippen LogP contribution in [-0.4, -0.2) is 25.1 Å². The first-order valence-corrected chi connectivity index (χ1v) is 8.48. The molecule has 1 N–H and O–H groups in total. The topological polar surface area (TPSA) is 97.6 Å². The molecule has 0 aliphatic carbocycles. The monoisotopic (exact) mass is 351 g/mol. The molecule has 0 aliphatic heterocycles. The van der Waals surface area contributed by atoms with E-state index in [0.29, 0.717) is 27.8 Å². The molecule has 0 fully saturated rings. The molecule has 8 heteroatoms. The zero-order valence-electron chi connectivity index (χ0n) is 13.2. The molecule has 124 valence electrons. The first kappa shape index (κ1) is 15.5. The molecule has 1 aromatic carbocycles. The van der Waals surface area contributed by atoms with Crippen molar-refractivity contribution in [3.8, 4) is 11.5 Å². The zero-order valence-corrected chi connectivity index (χ0v) is 14.0. The van der Waals surface area contributed by atoms with Crippen LogP contribution in [0.25, 0.3) is 22.4 Å². The fraction of sp³-hybridized carbons (Fsp3) is 0.118. The van der Waals surface area contributed by atoms with Crippen molar-refractivity contribution >= 4 is 22.7 Å². The molecule has 0 spiro atoms. The average molecular weight is 351 g/mol. The van der Waals surface area contributed by atoms with E-state index in [0.717, 1.165) is 5.56 Å². The standard InChI is InChI=1S/C17H13N5O2S/c1-10(14-19-13-7-3-2-6-12(13)15(23)20-14)25-17-22-21-16(24-17)11-5-4-8-18-9-11/h2-10H,1H3,(H,19,20,23). The van der Waals surface area contributed by atoms with E-state index in [2.05, 4.69) is 25.1 Å². The molecule has 0 radical (unpaired) electrons. The molecule has 3 aromatic heterocycles. The Bertz CT molecular complexity index is 1080. The number of nitrogens with zero attached hydrogens (tertiary/aromatic N) is 4. The lowest BCUT2D eigenvalue weighted by Crippen LogP contribution is -2.12. The van der Waals surface area contributed by atoms with E-state index in [1.807, 2.05) is 31.2 Å². The van der Waals surface area contributed by atoms with Crippen LogP contribution in [0.1, 0.15) is 18.0 Å². The minimum Gasteiger partial charge on any atom is -0.411 e. The molecule has 0 saturated heterocycles. The van der Waals surface area contributed by atoms with Crippen LogP contribution < -0.4 is 5.56 Å². The summed E-state index contributed by atoms with van der Waals surface area (Å²) in [6.45, 7) is 1.92. The highest BCUT2D eigenvalue weighted by atomic mass is 32.2. The lowest BCUT2D eigenvalue weighted by atomic mass is 10.2. The molecule has 25 heavy (non-hydrogen) atoms. The highest BCUT2D eigenvalue weighted by molar-refractivity contribution is 7.99. The van der Waals surface area contributed by atoms with Crippen LogP contribution in [0.2, 0.25) is 0 Å². The SMILES string of the molecule is CC(Sc1nnc(-c2cccnc2)o1)c1nc2ccccc2c(=O)[nH]1. The highest BCUT2D eigenvalue weighted by Gasteiger charge is 2.17. The Kier molecular flexibility index (Phi) is 4.02. The maximum atomic E-state index is 12.2. The van der Waals surface area contributed by atoms with Gasteiger partial charge in [-0.05, 0) is 31.2 Å². The third-order valence-electron chi connectivity index (χ3n) is 3.61. The van der Waals surface area contributed by atoms with Gasteiger partial charge in [0.15, 0.2) is 0 Å². The van der Waals surface area contributed by atoms with Crippen molar-refractivity contribution in [2.45, 2.75) is 17.4 Å². The molecule has 4 rings (SSSR count). The van der Waals surface area contributed by atoms with Gasteiger partial charge in [0.2, 0.25) is 5.89 Å². The Labute approximate surface area is 146 Å². The second-order valence-corrected chi connectivity index (χ2v) is 6.64. The van der Waals surface area contributed by atoms with E-state index in [-0.39, 0.29) is 10.8 Å². The smallest absolute Gasteiger partial charge is 0.277 e. The van der Waals surface area contributed by atoms with Crippen molar-refractivity contribution in [3.63, 3.8) is 0 Å². The van der Waals surface area contributed by atoms with Crippen LogP contribution in [0, 0.1) is 0 Å². The predicted octanol–water partition coefficient (Wildman–Crippen LogP) is 3.22. The molecule has 3 heterocycles. The molecular weight excluding hydrogens is 338 g/mol. The Morgan fingerprint density at radius 2 is 2.04 bits per heavy atom. The molecule has 0 bridgehead atoms. The van der Waals surface area contributed by atoms with Crippen LogP contribution in [0.3, 0.4) is 0 Å². The number of hydrogen-bond acceptors (Lipinski definition) is 7. The molecule has 0 saturated carbocycles. The van der Waals surface area contributed by atoms with Gasteiger partial charge in [0.25, 0.3) is 10.8 Å². The Morgan fingerprint density at radius 3 is 2.88 bits per heavy atom. The van der Waals surface area contributed by atoms with Gasteiger partial charge >= 0.3 is 0 Å². The quantitative estimate of drug-likeness (QED) is 0.564. The number of rotatable bonds is 4. The van der Waals surface area contributed by atoms with Gasteiger partial charge in [0.05, 0.1) is 21.7 Å². The third-order valence-corrected chi connectivity index (χ3v) is 4.55. The van der Waals surface area contributed by atoms with Gasteiger partial charge in [-0.25, -0.2) is 4.98 Å². The molecule has 0 aliphatic rings. The van der Waals surface area contributed by atoms with Gasteiger partial charge in [-0.2, -0.15) is 0 Å². The largest absolute Gasteiger partial charge is 0.411 e. The third kappa shape index (κ3) is 3.16. The second kappa shape index (κ2) is 6.48. The molecule has 1 atom stereocenters. The number of nitrogens with one attached hydrogen (secondary N) is 1. The minimum atomic E-state index is -0.158. The zero-order chi connectivity index (χ0) is 17.2. The number of hydrogen-bond donors (Lipinski definition) is 1. The second-order valence-electron chi connectivity index (χ2n) is 5.34. The van der Waals surface area contributed by atoms with Crippen LogP contribution in [0.15, 0.2) is 63.2 Å². The van der Waals surface area contributed by atoms with Crippen LogP contribution in [0.5, 0.6) is 0 Å². The van der Waals surface area contributed by atoms with Gasteiger partial charge in [0.1, 0.15) is 5.82 Å². The number of benzene rings is 1. The lowest BCUT2D eigenvalue weighted by molar-refractivity contribution is 0.464. The molecule has 1 unspecified atom stereocenters. The van der Waals surface area contributed by atoms with Gasteiger partial charge < -0.3 is 9.40 Å². The van der Waals surface area contributed by atoms with Crippen molar-refractivity contribution in [1.82, 2.24) is 25.1 Å². The molecule has 7 nitrogen and oxygen atoms in total. The Balaban J connectivity index is 1.59. The predicted molar refractivity (Wildman–Crippen MR) is 94.2 cm³/mol. The number of aromatic nitrogens is 5. The summed E-state index contributed by atoms with van der Waals surface area (Å²) < 4.78 is 5.66. The summed E-state index contributed by atoms with van der Waals surface area (Å²) in [5.74, 6) is 0.970. The first-order valence-electron chi connectivity index (χ1n) is 7.60. The lowest BCUT2D eigenvalue weighted by Gasteiger charge is -2.08. The highest BCUT2D eigenvalue weighted by Crippen LogP contribution is 2.33. The van der Waals surface area contributed by atoms with E-state index < -0.39 is 0 Å². The van der Waals surface area contributed by atoms with E-state index in [4.69, 9.17) is 4.42 Å². The van der Waals surface area contributed by atoms with Crippen molar-refractivity contribution in [2.24, 2.45) is 0 Å². The number of thioether (sulfide) groups is 1. The van der Waals surface area contributed by atoms with Gasteiger partial charge in [0, 0.05) is 12.4 Å². The van der Waals surface area contributed by atoms with Crippen molar-refractivity contribution in [1.29, 1.82) is 0 Å². The van der Waals surface area contributed by atoms with Crippen LogP contribution in [0.4, 0.5) is 0 Å². The Morgan fingerprint density at radius 1 is 1.16 bits per heavy atom. The van der Waals surface area contributed by atoms with E-state index in [9.17, 15) is 4.79 Å². The van der Waals surface area contributed by atoms with Crippen molar-refractivity contribution < 1.29 is 4.42 Å². The fourth-order valence-electron chi connectivity index (χ4n) is 2.37. The summed E-state index contributed by atoms with van der Waals surface area (Å²) >= 11 is 1.34. The fourth-order valence-corrected chi connectivity index (χ4v) is 3.11. The average Bonchev–Trinajstić information content (AvgIpc) is 3.11. The van der Waals surface area contributed by atoms with E-state index in [1.165, 1.54) is 11.8 Å². The summed E-state index contributed by atoms with van der Waals surface area (Å²) in [7, 11) is 0. The number of fused-ring (bicyclic) bond motifs is 1. The maximum absolute atomic E-state index is 12.2. The van der Waals surface area contributed by atoms with E-state index in [1.54, 1.807) is 24.5 Å². The van der Waals surface area contributed by atoms with Crippen LogP contribution in [-0.2, 0) is 0 Å². The van der Waals surface area contributed by atoms with Gasteiger partial charge in [-0.15, -0.1) is 10.2 Å². The number of para-hydroxylation sites is 1. The number of aromatic amines is 1. The minimum absolute atomic E-state index is 0.153. The maximum Gasteiger partial charge on any atom is 0.277 e. The van der Waals surface area contributed by atoms with E-state index >= 15 is 0 Å². The van der Waals surface area contributed by atoms with Crippen molar-refractivity contribution in [3.05, 3.63) is 65.0 Å². The Hall–Kier alpha value is -3.00. The summed E-state index contributed by atoms with van der Waals surface area (Å²) in [4.78, 5) is 23.6. The first-order chi connectivity index (χ1) is 12.2. The van der Waals surface area contributed by atoms with Gasteiger partial charge in [-0.3, -0.25) is 9.78 Å². The van der Waals surface area contributed by atoms with Crippen LogP contribution >= 0.6 is 11.8 Å². The van der Waals surface area contributed by atoms with Crippen molar-refractivity contribution in [2.75, 3.05) is 0 Å².